The first-order valence-electron chi connectivity index (χ1n) is 9.50. The van der Waals surface area contributed by atoms with E-state index in [1.165, 1.54) is 55.2 Å². The Balaban J connectivity index is 0.00000243. The summed E-state index contributed by atoms with van der Waals surface area (Å²) in [6.45, 7) is 4.54. The summed E-state index contributed by atoms with van der Waals surface area (Å²) >= 11 is 3.94. The molecule has 0 aromatic carbocycles. The van der Waals surface area contributed by atoms with Gasteiger partial charge in [0.1, 0.15) is 0 Å². The lowest BCUT2D eigenvalue weighted by Gasteiger charge is -2.44. The van der Waals surface area contributed by atoms with Crippen molar-refractivity contribution in [3.05, 3.63) is 22.4 Å². The summed E-state index contributed by atoms with van der Waals surface area (Å²) in [5.74, 6) is 3.61. The van der Waals surface area contributed by atoms with Gasteiger partial charge in [-0.15, -0.1) is 35.3 Å². The zero-order valence-electron chi connectivity index (χ0n) is 16.1. The van der Waals surface area contributed by atoms with Crippen LogP contribution in [-0.2, 0) is 6.42 Å². The molecule has 1 aromatic heterocycles. The number of halogens is 1. The highest BCUT2D eigenvalue weighted by Gasteiger charge is 2.40. The Morgan fingerprint density at radius 1 is 1.31 bits per heavy atom. The molecule has 3 rings (SSSR count). The minimum absolute atomic E-state index is 0. The van der Waals surface area contributed by atoms with Gasteiger partial charge in [0.15, 0.2) is 5.96 Å². The van der Waals surface area contributed by atoms with Crippen LogP contribution in [-0.4, -0.2) is 73.1 Å². The predicted molar refractivity (Wildman–Crippen MR) is 128 cm³/mol. The van der Waals surface area contributed by atoms with Crippen molar-refractivity contribution < 1.29 is 0 Å². The third kappa shape index (κ3) is 5.75. The van der Waals surface area contributed by atoms with Gasteiger partial charge in [-0.1, -0.05) is 18.9 Å². The Labute approximate surface area is 184 Å². The van der Waals surface area contributed by atoms with Crippen LogP contribution in [0.2, 0.25) is 0 Å². The minimum atomic E-state index is 0. The molecule has 1 saturated carbocycles. The third-order valence-corrected chi connectivity index (χ3v) is 7.52. The molecule has 0 spiro atoms. The lowest BCUT2D eigenvalue weighted by Crippen LogP contribution is -2.57. The van der Waals surface area contributed by atoms with Gasteiger partial charge in [-0.25, -0.2) is 0 Å². The maximum Gasteiger partial charge on any atom is 0.193 e. The number of thiophene rings is 1. The van der Waals surface area contributed by atoms with Crippen molar-refractivity contribution in [2.45, 2.75) is 37.6 Å². The van der Waals surface area contributed by atoms with E-state index in [-0.39, 0.29) is 24.0 Å². The minimum Gasteiger partial charge on any atom is -0.354 e. The smallest absolute Gasteiger partial charge is 0.193 e. The second-order valence-corrected chi connectivity index (χ2v) is 9.44. The Kier molecular flexibility index (Phi) is 9.54. The second kappa shape index (κ2) is 11.1. The van der Waals surface area contributed by atoms with Crippen molar-refractivity contribution >= 4 is 53.0 Å². The van der Waals surface area contributed by atoms with Crippen LogP contribution in [0.5, 0.6) is 0 Å². The molecule has 0 bridgehead atoms. The molecule has 7 heteroatoms. The number of hydrogen-bond donors (Lipinski definition) is 1. The first kappa shape index (κ1) is 22.3. The van der Waals surface area contributed by atoms with Gasteiger partial charge >= 0.3 is 0 Å². The zero-order valence-corrected chi connectivity index (χ0v) is 20.0. The number of likely N-dealkylation sites (N-methyl/N-ethyl adjacent to an activating group) is 1. The van der Waals surface area contributed by atoms with Gasteiger partial charge in [0, 0.05) is 62.2 Å². The summed E-state index contributed by atoms with van der Waals surface area (Å²) in [7, 11) is 4.06. The largest absolute Gasteiger partial charge is 0.354 e. The fourth-order valence-corrected chi connectivity index (χ4v) is 5.74. The molecule has 0 unspecified atom stereocenters. The zero-order chi connectivity index (χ0) is 17.5. The van der Waals surface area contributed by atoms with E-state index in [2.05, 4.69) is 56.4 Å². The number of rotatable bonds is 6. The lowest BCUT2D eigenvalue weighted by atomic mass is 9.94. The molecule has 1 aliphatic heterocycles. The highest BCUT2D eigenvalue weighted by atomic mass is 127. The monoisotopic (exact) mass is 508 g/mol. The topological polar surface area (TPSA) is 30.9 Å². The Bertz CT molecular complexity index is 538. The van der Waals surface area contributed by atoms with E-state index in [1.807, 2.05) is 18.4 Å². The summed E-state index contributed by atoms with van der Waals surface area (Å²) in [4.78, 5) is 11.0. The van der Waals surface area contributed by atoms with Crippen molar-refractivity contribution in [2.24, 2.45) is 4.99 Å². The average molecular weight is 509 g/mol. The van der Waals surface area contributed by atoms with E-state index in [9.17, 15) is 0 Å². The van der Waals surface area contributed by atoms with E-state index in [1.54, 1.807) is 0 Å². The normalized spacial score (nSPS) is 20.6. The van der Waals surface area contributed by atoms with Crippen molar-refractivity contribution in [1.29, 1.82) is 0 Å². The molecule has 1 aliphatic carbocycles. The summed E-state index contributed by atoms with van der Waals surface area (Å²) in [6.07, 6.45) is 6.50. The maximum absolute atomic E-state index is 4.54. The molecular weight excluding hydrogens is 475 g/mol. The fraction of sp³-hybridized carbons (Fsp3) is 0.737. The van der Waals surface area contributed by atoms with Crippen LogP contribution in [0.1, 0.15) is 30.6 Å². The van der Waals surface area contributed by atoms with E-state index < -0.39 is 0 Å². The van der Waals surface area contributed by atoms with E-state index in [0.29, 0.717) is 5.54 Å². The number of aliphatic imine (C=N–C) groups is 1. The Hall–Kier alpha value is 0.01000. The number of guanidine groups is 1. The van der Waals surface area contributed by atoms with Gasteiger partial charge < -0.3 is 10.2 Å². The van der Waals surface area contributed by atoms with Gasteiger partial charge in [-0.3, -0.25) is 9.89 Å². The standard InChI is InChI=1S/C19H32N4S2.HI/c1-20-18(22(2)10-7-17-6-5-13-25-17)21-16-19(8-3-4-9-19)23-11-14-24-15-12-23;/h5-6,13H,3-4,7-12,14-16H2,1-2H3,(H,20,21);1H. The molecule has 2 heterocycles. The highest BCUT2D eigenvalue weighted by Crippen LogP contribution is 2.36. The molecule has 1 N–H and O–H groups in total. The van der Waals surface area contributed by atoms with Gasteiger partial charge in [0.05, 0.1) is 0 Å². The second-order valence-electron chi connectivity index (χ2n) is 7.18. The predicted octanol–water partition coefficient (Wildman–Crippen LogP) is 3.78. The number of nitrogens with zero attached hydrogens (tertiary/aromatic N) is 3. The molecule has 0 radical (unpaired) electrons. The molecular formula is C19H33IN4S2. The van der Waals surface area contributed by atoms with Gasteiger partial charge in [-0.2, -0.15) is 11.8 Å². The van der Waals surface area contributed by atoms with Crippen LogP contribution >= 0.6 is 47.1 Å². The molecule has 2 fully saturated rings. The Morgan fingerprint density at radius 2 is 2.04 bits per heavy atom. The molecule has 0 amide bonds. The quantitative estimate of drug-likeness (QED) is 0.360. The van der Waals surface area contributed by atoms with Crippen LogP contribution in [0.25, 0.3) is 0 Å². The number of thioether (sulfide) groups is 1. The van der Waals surface area contributed by atoms with Crippen molar-refractivity contribution in [3.63, 3.8) is 0 Å². The molecule has 0 atom stereocenters. The summed E-state index contributed by atoms with van der Waals surface area (Å²) < 4.78 is 0. The van der Waals surface area contributed by atoms with Gasteiger partial charge in [0.25, 0.3) is 0 Å². The summed E-state index contributed by atoms with van der Waals surface area (Å²) in [5, 5.41) is 5.87. The fourth-order valence-electron chi connectivity index (χ4n) is 4.14. The van der Waals surface area contributed by atoms with Crippen LogP contribution in [0.3, 0.4) is 0 Å². The van der Waals surface area contributed by atoms with Crippen molar-refractivity contribution in [3.8, 4) is 0 Å². The van der Waals surface area contributed by atoms with E-state index in [4.69, 9.17) is 0 Å². The number of hydrogen-bond acceptors (Lipinski definition) is 4. The molecule has 1 aromatic rings. The van der Waals surface area contributed by atoms with Crippen LogP contribution in [0.4, 0.5) is 0 Å². The highest BCUT2D eigenvalue weighted by molar-refractivity contribution is 14.0. The van der Waals surface area contributed by atoms with Crippen molar-refractivity contribution in [2.75, 3.05) is 51.8 Å². The molecule has 2 aliphatic rings. The van der Waals surface area contributed by atoms with Gasteiger partial charge in [0.2, 0.25) is 0 Å². The van der Waals surface area contributed by atoms with E-state index >= 15 is 0 Å². The van der Waals surface area contributed by atoms with Crippen LogP contribution in [0, 0.1) is 0 Å². The van der Waals surface area contributed by atoms with Crippen molar-refractivity contribution in [1.82, 2.24) is 15.1 Å². The lowest BCUT2D eigenvalue weighted by molar-refractivity contribution is 0.106. The average Bonchev–Trinajstić information content (AvgIpc) is 3.34. The maximum atomic E-state index is 4.54. The SMILES string of the molecule is CN=C(NCC1(N2CCSCC2)CCCC1)N(C)CCc1cccs1.I. The first-order chi connectivity index (χ1) is 12.2. The van der Waals surface area contributed by atoms with E-state index in [0.717, 1.165) is 25.5 Å². The molecule has 4 nitrogen and oxygen atoms in total. The molecule has 26 heavy (non-hydrogen) atoms. The molecule has 148 valence electrons. The first-order valence-corrected chi connectivity index (χ1v) is 11.5. The van der Waals surface area contributed by atoms with Gasteiger partial charge in [-0.05, 0) is 30.7 Å². The van der Waals surface area contributed by atoms with Crippen LogP contribution in [0.15, 0.2) is 22.5 Å². The third-order valence-electron chi connectivity index (χ3n) is 5.64. The van der Waals surface area contributed by atoms with Crippen LogP contribution < -0.4 is 5.32 Å². The summed E-state index contributed by atoms with van der Waals surface area (Å²) in [6, 6.07) is 4.35. The summed E-state index contributed by atoms with van der Waals surface area (Å²) in [5.41, 5.74) is 0.353. The molecule has 1 saturated heterocycles. The Morgan fingerprint density at radius 3 is 2.65 bits per heavy atom. The number of nitrogens with one attached hydrogen (secondary N) is 1.